The summed E-state index contributed by atoms with van der Waals surface area (Å²) in [6.45, 7) is 3.93. The highest BCUT2D eigenvalue weighted by Gasteiger charge is 2.09. The van der Waals surface area contributed by atoms with Crippen LogP contribution in [-0.4, -0.2) is 28.0 Å². The minimum Gasteiger partial charge on any atom is -0.300 e. The molecule has 0 saturated carbocycles. The molecule has 0 aliphatic heterocycles. The zero-order valence-corrected chi connectivity index (χ0v) is 13.2. The first-order valence-electron chi connectivity index (χ1n) is 6.77. The number of hydrogen-bond donors (Lipinski definition) is 1. The molecule has 2 aromatic rings. The number of rotatable bonds is 5. The molecular weight excluding hydrogens is 284 g/mol. The van der Waals surface area contributed by atoms with Crippen molar-refractivity contribution in [3.05, 3.63) is 41.2 Å². The van der Waals surface area contributed by atoms with Crippen LogP contribution in [0, 0.1) is 0 Å². The second kappa shape index (κ2) is 7.08. The van der Waals surface area contributed by atoms with E-state index in [1.54, 1.807) is 7.05 Å². The highest BCUT2D eigenvalue weighted by molar-refractivity contribution is 7.09. The number of amides is 1. The average molecular weight is 302 g/mol. The Balaban J connectivity index is 2.02. The fourth-order valence-electron chi connectivity index (χ4n) is 1.83. The molecule has 2 rings (SSSR count). The van der Waals surface area contributed by atoms with E-state index in [2.05, 4.69) is 19.7 Å². The molecule has 0 unspecified atom stereocenters. The van der Waals surface area contributed by atoms with Crippen molar-refractivity contribution in [2.75, 3.05) is 12.4 Å². The largest absolute Gasteiger partial charge is 0.300 e. The molecule has 6 heteroatoms. The standard InChI is InChI=1S/C15H18N4OS/c1-4-13-17-15(21-19-13)18-14(20)9-11-6-5-7-12(8-11)10(2)16-3/h5-8H,4,9H2,1-3H3,(H,17,18,19,20). The molecule has 0 atom stereocenters. The van der Waals surface area contributed by atoms with Crippen molar-refractivity contribution in [2.24, 2.45) is 4.99 Å². The number of anilines is 1. The van der Waals surface area contributed by atoms with E-state index in [0.717, 1.165) is 29.1 Å². The Hall–Kier alpha value is -2.08. The molecule has 0 radical (unpaired) electrons. The molecule has 0 aliphatic carbocycles. The third kappa shape index (κ3) is 4.19. The van der Waals surface area contributed by atoms with Crippen molar-refractivity contribution in [3.8, 4) is 0 Å². The monoisotopic (exact) mass is 302 g/mol. The maximum Gasteiger partial charge on any atom is 0.230 e. The van der Waals surface area contributed by atoms with Gasteiger partial charge in [-0.3, -0.25) is 9.79 Å². The van der Waals surface area contributed by atoms with Gasteiger partial charge in [-0.1, -0.05) is 25.1 Å². The van der Waals surface area contributed by atoms with E-state index in [1.165, 1.54) is 11.5 Å². The summed E-state index contributed by atoms with van der Waals surface area (Å²) in [5.41, 5.74) is 2.94. The van der Waals surface area contributed by atoms with Gasteiger partial charge in [0.1, 0.15) is 5.82 Å². The van der Waals surface area contributed by atoms with Crippen LogP contribution in [0.1, 0.15) is 30.8 Å². The van der Waals surface area contributed by atoms with Crippen LogP contribution in [0.15, 0.2) is 29.3 Å². The smallest absolute Gasteiger partial charge is 0.230 e. The normalized spacial score (nSPS) is 11.5. The van der Waals surface area contributed by atoms with Crippen LogP contribution in [0.3, 0.4) is 0 Å². The van der Waals surface area contributed by atoms with Crippen molar-refractivity contribution in [3.63, 3.8) is 0 Å². The number of nitrogens with zero attached hydrogens (tertiary/aromatic N) is 3. The second-order valence-electron chi connectivity index (χ2n) is 4.60. The van der Waals surface area contributed by atoms with Crippen LogP contribution in [0.2, 0.25) is 0 Å². The Bertz CT molecular complexity index is 663. The number of carbonyl (C=O) groups excluding carboxylic acids is 1. The lowest BCUT2D eigenvalue weighted by molar-refractivity contribution is -0.115. The third-order valence-electron chi connectivity index (χ3n) is 3.08. The SMILES string of the molecule is CCc1nsc(NC(=O)Cc2cccc(C(C)=NC)c2)n1. The summed E-state index contributed by atoms with van der Waals surface area (Å²) in [6, 6.07) is 7.85. The lowest BCUT2D eigenvalue weighted by Gasteiger charge is -2.05. The summed E-state index contributed by atoms with van der Waals surface area (Å²) in [5, 5.41) is 3.34. The Morgan fingerprint density at radius 1 is 1.43 bits per heavy atom. The maximum absolute atomic E-state index is 12.0. The van der Waals surface area contributed by atoms with Gasteiger partial charge >= 0.3 is 0 Å². The highest BCUT2D eigenvalue weighted by Crippen LogP contribution is 2.13. The topological polar surface area (TPSA) is 67.2 Å². The van der Waals surface area contributed by atoms with E-state index in [-0.39, 0.29) is 5.91 Å². The molecule has 0 bridgehead atoms. The molecule has 5 nitrogen and oxygen atoms in total. The van der Waals surface area contributed by atoms with E-state index in [4.69, 9.17) is 0 Å². The first-order chi connectivity index (χ1) is 10.1. The highest BCUT2D eigenvalue weighted by atomic mass is 32.1. The molecule has 1 aromatic heterocycles. The Morgan fingerprint density at radius 2 is 2.24 bits per heavy atom. The molecule has 1 heterocycles. The summed E-state index contributed by atoms with van der Waals surface area (Å²) >= 11 is 1.21. The van der Waals surface area contributed by atoms with Gasteiger partial charge < -0.3 is 5.32 Å². The number of carbonyl (C=O) groups is 1. The molecule has 1 aromatic carbocycles. The van der Waals surface area contributed by atoms with Gasteiger partial charge in [0.25, 0.3) is 0 Å². The van der Waals surface area contributed by atoms with Gasteiger partial charge in [-0.25, -0.2) is 4.98 Å². The summed E-state index contributed by atoms with van der Waals surface area (Å²) < 4.78 is 4.14. The first-order valence-corrected chi connectivity index (χ1v) is 7.54. The fraction of sp³-hybridized carbons (Fsp3) is 0.333. The number of aryl methyl sites for hydroxylation is 1. The van der Waals surface area contributed by atoms with E-state index in [9.17, 15) is 4.79 Å². The van der Waals surface area contributed by atoms with E-state index >= 15 is 0 Å². The van der Waals surface area contributed by atoms with Gasteiger partial charge in [0, 0.05) is 30.7 Å². The van der Waals surface area contributed by atoms with Crippen LogP contribution >= 0.6 is 11.5 Å². The number of benzene rings is 1. The Kier molecular flexibility index (Phi) is 5.16. The predicted octanol–water partition coefficient (Wildman–Crippen LogP) is 2.72. The predicted molar refractivity (Wildman–Crippen MR) is 86.2 cm³/mol. The molecule has 0 saturated heterocycles. The Labute approximate surface area is 128 Å². The zero-order chi connectivity index (χ0) is 15.2. The lowest BCUT2D eigenvalue weighted by atomic mass is 10.1. The fourth-order valence-corrected chi connectivity index (χ4v) is 2.50. The van der Waals surface area contributed by atoms with E-state index in [1.807, 2.05) is 38.1 Å². The van der Waals surface area contributed by atoms with Crippen LogP contribution < -0.4 is 5.32 Å². The molecule has 0 aliphatic rings. The average Bonchev–Trinajstić information content (AvgIpc) is 2.94. The van der Waals surface area contributed by atoms with Crippen LogP contribution in [0.5, 0.6) is 0 Å². The summed E-state index contributed by atoms with van der Waals surface area (Å²) in [6.07, 6.45) is 1.08. The number of aliphatic imine (C=N–C) groups is 1. The van der Waals surface area contributed by atoms with Crippen molar-refractivity contribution in [1.29, 1.82) is 0 Å². The number of nitrogens with one attached hydrogen (secondary N) is 1. The van der Waals surface area contributed by atoms with Gasteiger partial charge in [-0.15, -0.1) is 0 Å². The van der Waals surface area contributed by atoms with Gasteiger partial charge in [0.15, 0.2) is 0 Å². The van der Waals surface area contributed by atoms with Gasteiger partial charge in [-0.2, -0.15) is 4.37 Å². The molecule has 0 spiro atoms. The van der Waals surface area contributed by atoms with Crippen molar-refractivity contribution in [1.82, 2.24) is 9.36 Å². The van der Waals surface area contributed by atoms with Crippen molar-refractivity contribution >= 4 is 28.3 Å². The molecule has 1 amide bonds. The van der Waals surface area contributed by atoms with Gasteiger partial charge in [0.05, 0.1) is 6.42 Å². The first kappa shape index (κ1) is 15.3. The minimum atomic E-state index is -0.0861. The summed E-state index contributed by atoms with van der Waals surface area (Å²) in [4.78, 5) is 20.4. The maximum atomic E-state index is 12.0. The minimum absolute atomic E-state index is 0.0861. The van der Waals surface area contributed by atoms with Gasteiger partial charge in [-0.05, 0) is 24.1 Å². The lowest BCUT2D eigenvalue weighted by Crippen LogP contribution is -2.14. The number of aromatic nitrogens is 2. The van der Waals surface area contributed by atoms with Crippen LogP contribution in [-0.2, 0) is 17.6 Å². The van der Waals surface area contributed by atoms with Crippen LogP contribution in [0.4, 0.5) is 5.13 Å². The van der Waals surface area contributed by atoms with Crippen LogP contribution in [0.25, 0.3) is 0 Å². The zero-order valence-electron chi connectivity index (χ0n) is 12.4. The third-order valence-corrected chi connectivity index (χ3v) is 3.74. The number of hydrogen-bond acceptors (Lipinski definition) is 5. The van der Waals surface area contributed by atoms with Gasteiger partial charge in [0.2, 0.25) is 11.0 Å². The van der Waals surface area contributed by atoms with Crippen molar-refractivity contribution < 1.29 is 4.79 Å². The molecule has 0 fully saturated rings. The Morgan fingerprint density at radius 3 is 2.90 bits per heavy atom. The van der Waals surface area contributed by atoms with E-state index in [0.29, 0.717) is 11.6 Å². The van der Waals surface area contributed by atoms with Crippen molar-refractivity contribution in [2.45, 2.75) is 26.7 Å². The molecular formula is C15H18N4OS. The van der Waals surface area contributed by atoms with E-state index < -0.39 is 0 Å². The molecule has 1 N–H and O–H groups in total. The summed E-state index contributed by atoms with van der Waals surface area (Å²) in [5.74, 6) is 0.670. The second-order valence-corrected chi connectivity index (χ2v) is 5.36. The molecule has 21 heavy (non-hydrogen) atoms. The summed E-state index contributed by atoms with van der Waals surface area (Å²) in [7, 11) is 1.76. The molecule has 110 valence electrons. The quantitative estimate of drug-likeness (QED) is 0.864.